The zero-order valence-electron chi connectivity index (χ0n) is 13.6. The highest BCUT2D eigenvalue weighted by Crippen LogP contribution is 2.21. The van der Waals surface area contributed by atoms with Crippen molar-refractivity contribution in [2.24, 2.45) is 0 Å². The van der Waals surface area contributed by atoms with E-state index in [1.54, 1.807) is 20.8 Å². The molecular weight excluding hydrogens is 325 g/mol. The maximum Gasteiger partial charge on any atom is 0.407 e. The molecule has 0 aliphatic heterocycles. The van der Waals surface area contributed by atoms with Gasteiger partial charge in [-0.15, -0.1) is 0 Å². The molecule has 0 heterocycles. The molecule has 0 fully saturated rings. The van der Waals surface area contributed by atoms with Gasteiger partial charge in [-0.05, 0) is 45.4 Å². The van der Waals surface area contributed by atoms with Crippen LogP contribution in [-0.2, 0) is 14.8 Å². The van der Waals surface area contributed by atoms with E-state index in [1.807, 2.05) is 0 Å². The van der Waals surface area contributed by atoms with E-state index in [0.717, 1.165) is 6.07 Å². The molecule has 130 valence electrons. The van der Waals surface area contributed by atoms with Crippen LogP contribution in [-0.4, -0.2) is 33.2 Å². The number of ether oxygens (including phenoxy) is 1. The van der Waals surface area contributed by atoms with E-state index in [0.29, 0.717) is 0 Å². The van der Waals surface area contributed by atoms with Gasteiger partial charge in [0.25, 0.3) is 0 Å². The molecular formula is C14H22FN3O4S. The van der Waals surface area contributed by atoms with Gasteiger partial charge in [-0.25, -0.2) is 22.3 Å². The lowest BCUT2D eigenvalue weighted by atomic mass is 10.2. The molecule has 7 nitrogen and oxygen atoms in total. The lowest BCUT2D eigenvalue weighted by Crippen LogP contribution is -2.38. The summed E-state index contributed by atoms with van der Waals surface area (Å²) in [6.07, 6.45) is -0.664. The lowest BCUT2D eigenvalue weighted by molar-refractivity contribution is 0.0529. The fourth-order valence-corrected chi connectivity index (χ4v) is 2.92. The average Bonchev–Trinajstić information content (AvgIpc) is 2.37. The highest BCUT2D eigenvalue weighted by molar-refractivity contribution is 7.89. The molecule has 0 bridgehead atoms. The van der Waals surface area contributed by atoms with Crippen molar-refractivity contribution in [3.63, 3.8) is 0 Å². The third kappa shape index (κ3) is 6.03. The van der Waals surface area contributed by atoms with E-state index in [9.17, 15) is 17.6 Å². The number of sulfonamides is 1. The Labute approximate surface area is 135 Å². The first-order valence-corrected chi connectivity index (χ1v) is 8.43. The lowest BCUT2D eigenvalue weighted by Gasteiger charge is -2.19. The fourth-order valence-electron chi connectivity index (χ4n) is 1.70. The second kappa shape index (κ2) is 7.14. The molecule has 0 radical (unpaired) electrons. The monoisotopic (exact) mass is 347 g/mol. The second-order valence-electron chi connectivity index (χ2n) is 5.98. The number of hydrogen-bond donors (Lipinski definition) is 3. The van der Waals surface area contributed by atoms with Crippen LogP contribution >= 0.6 is 0 Å². The molecule has 4 N–H and O–H groups in total. The Bertz CT molecular complexity index is 684. The Balaban J connectivity index is 2.63. The molecule has 0 aromatic heterocycles. The first-order chi connectivity index (χ1) is 10.4. The van der Waals surface area contributed by atoms with Gasteiger partial charge in [0, 0.05) is 18.8 Å². The number of nitrogens with one attached hydrogen (secondary N) is 2. The van der Waals surface area contributed by atoms with Crippen LogP contribution in [0.15, 0.2) is 17.0 Å². The Morgan fingerprint density at radius 1 is 1.30 bits per heavy atom. The zero-order valence-corrected chi connectivity index (χ0v) is 14.4. The van der Waals surface area contributed by atoms with Crippen LogP contribution in [0, 0.1) is 12.7 Å². The normalized spacial score (nSPS) is 12.0. The van der Waals surface area contributed by atoms with Crippen LogP contribution in [0.25, 0.3) is 0 Å². The quantitative estimate of drug-likeness (QED) is 0.552. The number of alkyl carbamates (subject to hydrolysis) is 1. The van der Waals surface area contributed by atoms with Crippen LogP contribution in [0.2, 0.25) is 0 Å². The van der Waals surface area contributed by atoms with Gasteiger partial charge < -0.3 is 15.8 Å². The number of carbonyl (C=O) groups is 1. The van der Waals surface area contributed by atoms with Gasteiger partial charge in [-0.1, -0.05) is 0 Å². The van der Waals surface area contributed by atoms with E-state index < -0.39 is 32.4 Å². The number of carbonyl (C=O) groups excluding carboxylic acids is 1. The fraction of sp³-hybridized carbons (Fsp3) is 0.500. The third-order valence-electron chi connectivity index (χ3n) is 2.62. The topological polar surface area (TPSA) is 111 Å². The van der Waals surface area contributed by atoms with E-state index in [-0.39, 0.29) is 24.3 Å². The Hall–Kier alpha value is -1.87. The molecule has 9 heteroatoms. The number of benzene rings is 1. The summed E-state index contributed by atoms with van der Waals surface area (Å²) in [5.74, 6) is -0.855. The summed E-state index contributed by atoms with van der Waals surface area (Å²) < 4.78 is 45.3. The van der Waals surface area contributed by atoms with Crippen molar-refractivity contribution in [1.82, 2.24) is 10.0 Å². The summed E-state index contributed by atoms with van der Waals surface area (Å²) in [4.78, 5) is 10.9. The third-order valence-corrected chi connectivity index (χ3v) is 4.08. The van der Waals surface area contributed by atoms with Gasteiger partial charge in [0.15, 0.2) is 0 Å². The maximum atomic E-state index is 13.9. The summed E-state index contributed by atoms with van der Waals surface area (Å²) in [6, 6.07) is 2.39. The van der Waals surface area contributed by atoms with Crippen molar-refractivity contribution in [2.75, 3.05) is 18.8 Å². The van der Waals surface area contributed by atoms with E-state index >= 15 is 0 Å². The Kier molecular flexibility index (Phi) is 5.95. The summed E-state index contributed by atoms with van der Waals surface area (Å²) in [5.41, 5.74) is 5.18. The smallest absolute Gasteiger partial charge is 0.407 e. The molecule has 0 aliphatic rings. The maximum absolute atomic E-state index is 13.9. The highest BCUT2D eigenvalue weighted by atomic mass is 32.2. The molecule has 0 unspecified atom stereocenters. The molecule has 23 heavy (non-hydrogen) atoms. The average molecular weight is 347 g/mol. The number of hydrogen-bond acceptors (Lipinski definition) is 5. The minimum absolute atomic E-state index is 0.00292. The first kappa shape index (κ1) is 19.2. The van der Waals surface area contributed by atoms with Gasteiger partial charge in [0.05, 0.1) is 0 Å². The molecule has 0 aliphatic carbocycles. The standard InChI is InChI=1S/C14H22FN3O4S/c1-9-7-10(16)8-11(12(9)15)23(20,21)18-6-5-17-13(19)22-14(2,3)4/h7-8,18H,5-6,16H2,1-4H3,(H,17,19). The number of amides is 1. The second-order valence-corrected chi connectivity index (χ2v) is 7.71. The van der Waals surface area contributed by atoms with Crippen molar-refractivity contribution in [2.45, 2.75) is 38.2 Å². The predicted molar refractivity (Wildman–Crippen MR) is 85.0 cm³/mol. The molecule has 1 amide bonds. The largest absolute Gasteiger partial charge is 0.444 e. The Morgan fingerprint density at radius 3 is 2.48 bits per heavy atom. The van der Waals surface area contributed by atoms with Gasteiger partial charge in [-0.3, -0.25) is 0 Å². The number of rotatable bonds is 5. The molecule has 1 aromatic rings. The van der Waals surface area contributed by atoms with Crippen molar-refractivity contribution in [3.05, 3.63) is 23.5 Å². The van der Waals surface area contributed by atoms with Gasteiger partial charge in [-0.2, -0.15) is 0 Å². The van der Waals surface area contributed by atoms with Crippen molar-refractivity contribution < 1.29 is 22.3 Å². The van der Waals surface area contributed by atoms with E-state index in [1.165, 1.54) is 13.0 Å². The first-order valence-electron chi connectivity index (χ1n) is 6.94. The summed E-state index contributed by atoms with van der Waals surface area (Å²) >= 11 is 0. The van der Waals surface area contributed by atoms with Crippen LogP contribution in [0.1, 0.15) is 26.3 Å². The van der Waals surface area contributed by atoms with Crippen LogP contribution in [0.5, 0.6) is 0 Å². The van der Waals surface area contributed by atoms with Gasteiger partial charge in [0.1, 0.15) is 16.3 Å². The van der Waals surface area contributed by atoms with Crippen molar-refractivity contribution >= 4 is 21.8 Å². The summed E-state index contributed by atoms with van der Waals surface area (Å²) in [7, 11) is -4.07. The van der Waals surface area contributed by atoms with E-state index in [2.05, 4.69) is 10.0 Å². The molecule has 1 aromatic carbocycles. The predicted octanol–water partition coefficient (Wildman–Crippen LogP) is 1.52. The highest BCUT2D eigenvalue weighted by Gasteiger charge is 2.21. The van der Waals surface area contributed by atoms with Crippen molar-refractivity contribution in [3.8, 4) is 0 Å². The minimum Gasteiger partial charge on any atom is -0.444 e. The van der Waals surface area contributed by atoms with Gasteiger partial charge >= 0.3 is 6.09 Å². The molecule has 0 atom stereocenters. The number of halogens is 1. The number of nitrogen functional groups attached to an aromatic ring is 1. The van der Waals surface area contributed by atoms with Crippen LogP contribution in [0.3, 0.4) is 0 Å². The van der Waals surface area contributed by atoms with Gasteiger partial charge in [0.2, 0.25) is 10.0 Å². The molecule has 1 rings (SSSR count). The molecule has 0 saturated carbocycles. The number of aryl methyl sites for hydroxylation is 1. The van der Waals surface area contributed by atoms with Crippen LogP contribution < -0.4 is 15.8 Å². The number of nitrogens with two attached hydrogens (primary N) is 1. The summed E-state index contributed by atoms with van der Waals surface area (Å²) in [6.45, 7) is 6.43. The number of anilines is 1. The summed E-state index contributed by atoms with van der Waals surface area (Å²) in [5, 5.41) is 2.39. The molecule has 0 spiro atoms. The van der Waals surface area contributed by atoms with Crippen LogP contribution in [0.4, 0.5) is 14.9 Å². The zero-order chi connectivity index (χ0) is 17.8. The minimum atomic E-state index is -4.07. The van der Waals surface area contributed by atoms with E-state index in [4.69, 9.17) is 10.5 Å². The molecule has 0 saturated heterocycles. The Morgan fingerprint density at radius 2 is 1.91 bits per heavy atom. The SMILES string of the molecule is Cc1cc(N)cc(S(=O)(=O)NCCNC(=O)OC(C)(C)C)c1F. The van der Waals surface area contributed by atoms with Crippen molar-refractivity contribution in [1.29, 1.82) is 0 Å².